The Morgan fingerprint density at radius 3 is 2.65 bits per heavy atom. The lowest BCUT2D eigenvalue weighted by Gasteiger charge is -2.28. The molecular weight excluding hydrogens is 210 g/mol. The number of carbonyl (C=O) groups is 1. The Labute approximate surface area is 105 Å². The first-order chi connectivity index (χ1) is 7.91. The van der Waals surface area contributed by atoms with Gasteiger partial charge in [0.25, 0.3) is 0 Å². The van der Waals surface area contributed by atoms with Crippen molar-refractivity contribution >= 4 is 5.78 Å². The third-order valence-corrected chi connectivity index (χ3v) is 3.74. The van der Waals surface area contributed by atoms with Crippen LogP contribution in [0.3, 0.4) is 0 Å². The van der Waals surface area contributed by atoms with Gasteiger partial charge in [0, 0.05) is 5.70 Å². The number of carbonyl (C=O) groups excluding carboxylic acids is 1. The van der Waals surface area contributed by atoms with E-state index in [1.54, 1.807) is 6.92 Å². The van der Waals surface area contributed by atoms with Gasteiger partial charge in [-0.1, -0.05) is 26.5 Å². The fraction of sp³-hybridized carbons (Fsp3) is 0.667. The first-order valence-electron chi connectivity index (χ1n) is 6.57. The van der Waals surface area contributed by atoms with Crippen LogP contribution in [0.25, 0.3) is 0 Å². The van der Waals surface area contributed by atoms with Crippen molar-refractivity contribution in [3.05, 3.63) is 23.9 Å². The van der Waals surface area contributed by atoms with Gasteiger partial charge in [0.15, 0.2) is 5.78 Å². The number of rotatable bonds is 5. The summed E-state index contributed by atoms with van der Waals surface area (Å²) in [5.74, 6) is 1.63. The summed E-state index contributed by atoms with van der Waals surface area (Å²) in [5, 5.41) is 3.20. The highest BCUT2D eigenvalue weighted by molar-refractivity contribution is 5.81. The predicted molar refractivity (Wildman–Crippen MR) is 72.7 cm³/mol. The molecule has 2 nitrogen and oxygen atoms in total. The summed E-state index contributed by atoms with van der Waals surface area (Å²) in [5.41, 5.74) is 2.22. The molecule has 1 aliphatic rings. The van der Waals surface area contributed by atoms with Crippen LogP contribution in [0.4, 0.5) is 0 Å². The lowest BCUT2D eigenvalue weighted by molar-refractivity contribution is -0.118. The van der Waals surface area contributed by atoms with Crippen molar-refractivity contribution in [2.24, 2.45) is 11.8 Å². The van der Waals surface area contributed by atoms with Gasteiger partial charge in [0.05, 0.1) is 6.04 Å². The van der Waals surface area contributed by atoms with Crippen molar-refractivity contribution in [1.82, 2.24) is 5.32 Å². The van der Waals surface area contributed by atoms with Gasteiger partial charge in [-0.2, -0.15) is 0 Å². The van der Waals surface area contributed by atoms with Gasteiger partial charge in [-0.25, -0.2) is 0 Å². The number of hydrogen-bond acceptors (Lipinski definition) is 2. The fourth-order valence-corrected chi connectivity index (χ4v) is 2.21. The summed E-state index contributed by atoms with van der Waals surface area (Å²) in [7, 11) is 0. The third-order valence-electron chi connectivity index (χ3n) is 3.74. The maximum atomic E-state index is 11.2. The van der Waals surface area contributed by atoms with Crippen LogP contribution >= 0.6 is 0 Å². The number of Topliss-reactive ketones (excluding diaryl/α,β-unsaturated/α-hetero) is 1. The number of hydrogen-bond donors (Lipinski definition) is 1. The first-order valence-corrected chi connectivity index (χ1v) is 6.57. The van der Waals surface area contributed by atoms with Crippen molar-refractivity contribution in [2.45, 2.75) is 53.0 Å². The Bertz CT molecular complexity index is 328. The molecule has 0 amide bonds. The van der Waals surface area contributed by atoms with E-state index < -0.39 is 0 Å². The largest absolute Gasteiger partial charge is 0.376 e. The van der Waals surface area contributed by atoms with E-state index in [-0.39, 0.29) is 11.8 Å². The second-order valence-electron chi connectivity index (χ2n) is 5.47. The molecule has 0 aromatic heterocycles. The summed E-state index contributed by atoms with van der Waals surface area (Å²) in [6, 6.07) is -0.136. The highest BCUT2D eigenvalue weighted by Crippen LogP contribution is 2.32. The molecule has 96 valence electrons. The van der Waals surface area contributed by atoms with E-state index in [1.807, 2.05) is 6.92 Å². The van der Waals surface area contributed by atoms with Crippen molar-refractivity contribution < 1.29 is 4.79 Å². The summed E-state index contributed by atoms with van der Waals surface area (Å²) in [6.07, 6.45) is 5.76. The van der Waals surface area contributed by atoms with Crippen LogP contribution in [-0.4, -0.2) is 11.8 Å². The Morgan fingerprint density at radius 1 is 1.47 bits per heavy atom. The molecule has 0 fully saturated rings. The second kappa shape index (κ2) is 6.04. The molecule has 1 unspecified atom stereocenters. The molecule has 0 saturated heterocycles. The average molecular weight is 235 g/mol. The van der Waals surface area contributed by atoms with Crippen molar-refractivity contribution in [3.8, 4) is 0 Å². The van der Waals surface area contributed by atoms with Gasteiger partial charge in [0.2, 0.25) is 0 Å². The lowest BCUT2D eigenvalue weighted by atomic mass is 9.81. The quantitative estimate of drug-likeness (QED) is 0.790. The van der Waals surface area contributed by atoms with E-state index >= 15 is 0 Å². The van der Waals surface area contributed by atoms with E-state index in [0.717, 1.165) is 30.4 Å². The first kappa shape index (κ1) is 14.0. The molecule has 0 saturated carbocycles. The molecule has 17 heavy (non-hydrogen) atoms. The third kappa shape index (κ3) is 4.03. The van der Waals surface area contributed by atoms with E-state index in [0.29, 0.717) is 0 Å². The van der Waals surface area contributed by atoms with Crippen molar-refractivity contribution in [2.75, 3.05) is 0 Å². The summed E-state index contributed by atoms with van der Waals surface area (Å²) < 4.78 is 0. The molecule has 0 spiro atoms. The zero-order valence-corrected chi connectivity index (χ0v) is 11.5. The smallest absolute Gasteiger partial charge is 0.151 e. The van der Waals surface area contributed by atoms with E-state index in [9.17, 15) is 4.79 Å². The highest BCUT2D eigenvalue weighted by atomic mass is 16.1. The zero-order chi connectivity index (χ0) is 13.0. The zero-order valence-electron chi connectivity index (χ0n) is 11.5. The summed E-state index contributed by atoms with van der Waals surface area (Å²) in [4.78, 5) is 11.2. The molecule has 0 aliphatic heterocycles. The van der Waals surface area contributed by atoms with Crippen molar-refractivity contribution in [3.63, 3.8) is 0 Å². The number of nitrogens with one attached hydrogen (secondary N) is 1. The van der Waals surface area contributed by atoms with Crippen molar-refractivity contribution in [1.29, 1.82) is 0 Å². The minimum absolute atomic E-state index is 0.136. The van der Waals surface area contributed by atoms with E-state index in [4.69, 9.17) is 0 Å². The number of ketones is 1. The van der Waals surface area contributed by atoms with Gasteiger partial charge in [-0.3, -0.25) is 4.79 Å². The standard InChI is InChI=1S/C15H25NO/c1-10(2)14-7-6-8-15(9-14)12(4)16-11(3)13(5)17/h8,10-11,14,16H,4,6-7,9H2,1-3,5H3/t11-,14?/m1/s1. The molecule has 1 aliphatic carbocycles. The maximum absolute atomic E-state index is 11.2. The molecule has 1 N–H and O–H groups in total. The van der Waals surface area contributed by atoms with Gasteiger partial charge >= 0.3 is 0 Å². The van der Waals surface area contributed by atoms with Crippen LogP contribution in [0.5, 0.6) is 0 Å². The van der Waals surface area contributed by atoms with Crippen LogP contribution in [0.2, 0.25) is 0 Å². The Kier molecular flexibility index (Phi) is 4.98. The topological polar surface area (TPSA) is 29.1 Å². The van der Waals surface area contributed by atoms with Crippen LogP contribution < -0.4 is 5.32 Å². The molecule has 2 heteroatoms. The molecule has 0 radical (unpaired) electrons. The highest BCUT2D eigenvalue weighted by Gasteiger charge is 2.20. The van der Waals surface area contributed by atoms with Crippen LogP contribution in [0, 0.1) is 11.8 Å². The van der Waals surface area contributed by atoms with E-state index in [2.05, 4.69) is 31.8 Å². The second-order valence-corrected chi connectivity index (χ2v) is 5.47. The summed E-state index contributed by atoms with van der Waals surface area (Å²) >= 11 is 0. The molecule has 0 aromatic carbocycles. The normalized spacial score (nSPS) is 21.9. The number of allylic oxidation sites excluding steroid dienone is 2. The van der Waals surface area contributed by atoms with Gasteiger partial charge in [-0.05, 0) is 50.5 Å². The lowest BCUT2D eigenvalue weighted by Crippen LogP contribution is -2.32. The molecule has 2 atom stereocenters. The molecule has 0 heterocycles. The van der Waals surface area contributed by atoms with Crippen LogP contribution in [-0.2, 0) is 4.79 Å². The van der Waals surface area contributed by atoms with Gasteiger partial charge in [-0.15, -0.1) is 0 Å². The van der Waals surface area contributed by atoms with Gasteiger partial charge in [0.1, 0.15) is 0 Å². The SMILES string of the molecule is C=C(N[C@H](C)C(C)=O)C1=CCCC(C(C)C)C1. The molecular formula is C15H25NO. The van der Waals surface area contributed by atoms with Crippen LogP contribution in [0.1, 0.15) is 47.0 Å². The Hall–Kier alpha value is -1.05. The maximum Gasteiger partial charge on any atom is 0.151 e. The van der Waals surface area contributed by atoms with Crippen LogP contribution in [0.15, 0.2) is 23.9 Å². The molecule has 0 bridgehead atoms. The monoisotopic (exact) mass is 235 g/mol. The minimum Gasteiger partial charge on any atom is -0.376 e. The molecule has 1 rings (SSSR count). The average Bonchev–Trinajstić information content (AvgIpc) is 2.28. The summed E-state index contributed by atoms with van der Waals surface area (Å²) in [6.45, 7) is 12.1. The van der Waals surface area contributed by atoms with Gasteiger partial charge < -0.3 is 5.32 Å². The fourth-order valence-electron chi connectivity index (χ4n) is 2.21. The Balaban J connectivity index is 2.58. The molecule has 0 aromatic rings. The Morgan fingerprint density at radius 2 is 2.12 bits per heavy atom. The minimum atomic E-state index is -0.136. The predicted octanol–water partition coefficient (Wildman–Crippen LogP) is 3.45. The van der Waals surface area contributed by atoms with E-state index in [1.165, 1.54) is 12.0 Å².